The molecule has 3 N–H and O–H groups in total. The Morgan fingerprint density at radius 1 is 1.30 bits per heavy atom. The van der Waals surface area contributed by atoms with Gasteiger partial charge in [0.2, 0.25) is 11.8 Å². The molecule has 8 nitrogen and oxygen atoms in total. The van der Waals surface area contributed by atoms with Gasteiger partial charge < -0.3 is 20.5 Å². The van der Waals surface area contributed by atoms with Crippen molar-refractivity contribution in [2.45, 2.75) is 37.5 Å². The number of unbranched alkanes of at least 4 members (excludes halogenated alkanes) is 1. The molecule has 0 saturated carbocycles. The lowest BCUT2D eigenvalue weighted by molar-refractivity contribution is -0.141. The summed E-state index contributed by atoms with van der Waals surface area (Å²) in [5.74, 6) is -2.11. The summed E-state index contributed by atoms with van der Waals surface area (Å²) in [4.78, 5) is 46.7. The Balaban J connectivity index is 1.83. The predicted octanol–water partition coefficient (Wildman–Crippen LogP) is 1.66. The third kappa shape index (κ3) is 6.28. The molecular weight excluding hydrogens is 372 g/mol. The first-order valence-corrected chi connectivity index (χ1v) is 9.67. The van der Waals surface area contributed by atoms with E-state index in [-0.39, 0.29) is 18.1 Å². The molecule has 9 heteroatoms. The quantitative estimate of drug-likeness (QED) is 0.453. The van der Waals surface area contributed by atoms with E-state index in [1.54, 1.807) is 24.3 Å². The number of esters is 1. The van der Waals surface area contributed by atoms with Gasteiger partial charge in [-0.1, -0.05) is 13.3 Å². The van der Waals surface area contributed by atoms with Gasteiger partial charge in [-0.2, -0.15) is 0 Å². The molecule has 1 aliphatic rings. The van der Waals surface area contributed by atoms with Crippen LogP contribution in [0.15, 0.2) is 24.3 Å². The molecule has 2 unspecified atom stereocenters. The number of carboxylic acid groups (broad SMARTS) is 1. The number of carbonyl (C=O) groups is 4. The third-order valence-electron chi connectivity index (χ3n) is 3.88. The smallest absolute Gasteiger partial charge is 0.338 e. The minimum Gasteiger partial charge on any atom is -0.480 e. The Kier molecular flexibility index (Phi) is 7.66. The van der Waals surface area contributed by atoms with Crippen LogP contribution in [0.2, 0.25) is 0 Å². The Morgan fingerprint density at radius 3 is 2.59 bits per heavy atom. The summed E-state index contributed by atoms with van der Waals surface area (Å²) in [6, 6.07) is 5.37. The minimum absolute atomic E-state index is 0.0658. The zero-order valence-electron chi connectivity index (χ0n) is 14.9. The molecular formula is C18H22N2O6S. The number of aliphatic carboxylic acids is 1. The van der Waals surface area contributed by atoms with Gasteiger partial charge in [-0.3, -0.25) is 9.59 Å². The summed E-state index contributed by atoms with van der Waals surface area (Å²) >= 11 is 1.15. The van der Waals surface area contributed by atoms with Crippen molar-refractivity contribution in [3.8, 4) is 0 Å². The molecule has 0 bridgehead atoms. The van der Waals surface area contributed by atoms with Crippen molar-refractivity contribution in [3.05, 3.63) is 29.8 Å². The predicted molar refractivity (Wildman–Crippen MR) is 101 cm³/mol. The van der Waals surface area contributed by atoms with Crippen LogP contribution in [0.1, 0.15) is 36.5 Å². The van der Waals surface area contributed by atoms with Gasteiger partial charge in [0.1, 0.15) is 6.04 Å². The molecule has 1 aliphatic heterocycles. The Hall–Kier alpha value is -2.55. The number of carbonyl (C=O) groups excluding carboxylic acids is 3. The summed E-state index contributed by atoms with van der Waals surface area (Å²) in [7, 11) is 0. The van der Waals surface area contributed by atoms with Crippen LogP contribution >= 0.6 is 11.8 Å². The lowest BCUT2D eigenvalue weighted by Crippen LogP contribution is -2.51. The molecule has 2 rings (SSSR count). The fourth-order valence-electron chi connectivity index (χ4n) is 2.34. The number of hydrogen-bond donors (Lipinski definition) is 3. The third-order valence-corrected chi connectivity index (χ3v) is 5.19. The number of nitrogens with one attached hydrogen (secondary N) is 2. The number of benzene rings is 1. The number of ether oxygens (including phenoxy) is 1. The average Bonchev–Trinajstić information content (AvgIpc) is 2.64. The van der Waals surface area contributed by atoms with Gasteiger partial charge in [0.05, 0.1) is 17.4 Å². The molecule has 1 fully saturated rings. The largest absolute Gasteiger partial charge is 0.480 e. The van der Waals surface area contributed by atoms with E-state index < -0.39 is 29.1 Å². The fourth-order valence-corrected chi connectivity index (χ4v) is 3.48. The number of rotatable bonds is 8. The van der Waals surface area contributed by atoms with Crippen LogP contribution in [-0.4, -0.2) is 52.5 Å². The zero-order valence-corrected chi connectivity index (χ0v) is 15.7. The lowest BCUT2D eigenvalue weighted by Gasteiger charge is -2.25. The highest BCUT2D eigenvalue weighted by atomic mass is 32.2. The second kappa shape index (κ2) is 9.96. The Morgan fingerprint density at radius 2 is 2.00 bits per heavy atom. The van der Waals surface area contributed by atoms with Crippen molar-refractivity contribution >= 4 is 41.2 Å². The first kappa shape index (κ1) is 20.8. The lowest BCUT2D eigenvalue weighted by atomic mass is 10.2. The summed E-state index contributed by atoms with van der Waals surface area (Å²) in [5.41, 5.74) is 0.890. The maximum atomic E-state index is 12.1. The molecule has 0 spiro atoms. The topological polar surface area (TPSA) is 122 Å². The van der Waals surface area contributed by atoms with E-state index in [2.05, 4.69) is 10.6 Å². The van der Waals surface area contributed by atoms with Crippen molar-refractivity contribution in [3.63, 3.8) is 0 Å². The fraction of sp³-hybridized carbons (Fsp3) is 0.444. The van der Waals surface area contributed by atoms with Crippen LogP contribution in [0.25, 0.3) is 0 Å². The molecule has 1 saturated heterocycles. The molecule has 0 aliphatic carbocycles. The van der Waals surface area contributed by atoms with Crippen LogP contribution in [0.5, 0.6) is 0 Å². The van der Waals surface area contributed by atoms with Gasteiger partial charge in [0.25, 0.3) is 0 Å². The van der Waals surface area contributed by atoms with Gasteiger partial charge in [-0.25, -0.2) is 9.59 Å². The van der Waals surface area contributed by atoms with E-state index >= 15 is 0 Å². The van der Waals surface area contributed by atoms with E-state index in [4.69, 9.17) is 9.84 Å². The van der Waals surface area contributed by atoms with Crippen LogP contribution < -0.4 is 10.6 Å². The van der Waals surface area contributed by atoms with Crippen LogP contribution in [-0.2, 0) is 19.1 Å². The molecule has 1 aromatic rings. The summed E-state index contributed by atoms with van der Waals surface area (Å²) in [6.07, 6.45) is 1.68. The van der Waals surface area contributed by atoms with Crippen molar-refractivity contribution in [1.29, 1.82) is 0 Å². The molecule has 0 radical (unpaired) electrons. The molecule has 0 aromatic heterocycles. The molecule has 146 valence electrons. The number of amides is 2. The standard InChI is InChI=1S/C18H22N2O6S/c1-2-3-8-26-18(25)11-4-6-12(7-5-11)19-15(21)9-14-16(22)20-13(10-27-14)17(23)24/h4-7,13-14H,2-3,8-10H2,1H3,(H,19,21)(H,20,22)(H,23,24). The van der Waals surface area contributed by atoms with Crippen molar-refractivity contribution in [2.75, 3.05) is 17.7 Å². The molecule has 27 heavy (non-hydrogen) atoms. The number of hydrogen-bond acceptors (Lipinski definition) is 6. The Labute approximate surface area is 161 Å². The highest BCUT2D eigenvalue weighted by molar-refractivity contribution is 8.00. The normalized spacial score (nSPS) is 19.1. The second-order valence-corrected chi connectivity index (χ2v) is 7.28. The molecule has 1 aromatic carbocycles. The minimum atomic E-state index is -1.09. The highest BCUT2D eigenvalue weighted by Crippen LogP contribution is 2.22. The summed E-state index contributed by atoms with van der Waals surface area (Å²) in [5, 5.41) is 13.3. The van der Waals surface area contributed by atoms with Gasteiger partial charge in [-0.15, -0.1) is 11.8 Å². The van der Waals surface area contributed by atoms with Gasteiger partial charge >= 0.3 is 11.9 Å². The average molecular weight is 394 g/mol. The highest BCUT2D eigenvalue weighted by Gasteiger charge is 2.33. The molecule has 2 amide bonds. The van der Waals surface area contributed by atoms with Crippen LogP contribution in [0, 0.1) is 0 Å². The number of thioether (sulfide) groups is 1. The summed E-state index contributed by atoms with van der Waals surface area (Å²) in [6.45, 7) is 2.38. The van der Waals surface area contributed by atoms with Crippen molar-refractivity contribution in [2.24, 2.45) is 0 Å². The molecule has 2 atom stereocenters. The second-order valence-electron chi connectivity index (χ2n) is 6.04. The first-order chi connectivity index (χ1) is 12.9. The van der Waals surface area contributed by atoms with Crippen LogP contribution in [0.3, 0.4) is 0 Å². The summed E-state index contributed by atoms with van der Waals surface area (Å²) < 4.78 is 5.11. The maximum absolute atomic E-state index is 12.1. The van der Waals surface area contributed by atoms with E-state index in [1.807, 2.05) is 6.92 Å². The Bertz CT molecular complexity index is 706. The zero-order chi connectivity index (χ0) is 19.8. The van der Waals surface area contributed by atoms with Crippen LogP contribution in [0.4, 0.5) is 5.69 Å². The number of carboxylic acids is 1. The maximum Gasteiger partial charge on any atom is 0.338 e. The van der Waals surface area contributed by atoms with E-state index in [9.17, 15) is 19.2 Å². The SMILES string of the molecule is CCCCOC(=O)c1ccc(NC(=O)CC2SCC(C(=O)O)NC2=O)cc1. The van der Waals surface area contributed by atoms with Gasteiger partial charge in [0, 0.05) is 17.9 Å². The molecule has 1 heterocycles. The first-order valence-electron chi connectivity index (χ1n) is 8.62. The van der Waals surface area contributed by atoms with Crippen molar-refractivity contribution in [1.82, 2.24) is 5.32 Å². The van der Waals surface area contributed by atoms with Gasteiger partial charge in [-0.05, 0) is 30.7 Å². The number of anilines is 1. The van der Waals surface area contributed by atoms with E-state index in [1.165, 1.54) is 0 Å². The van der Waals surface area contributed by atoms with E-state index in [0.717, 1.165) is 24.6 Å². The van der Waals surface area contributed by atoms with Gasteiger partial charge in [0.15, 0.2) is 0 Å². The van der Waals surface area contributed by atoms with E-state index in [0.29, 0.717) is 17.9 Å². The monoisotopic (exact) mass is 394 g/mol. The van der Waals surface area contributed by atoms with Crippen molar-refractivity contribution < 1.29 is 29.0 Å².